The first kappa shape index (κ1) is 14.5. The van der Waals surface area contributed by atoms with E-state index in [9.17, 15) is 4.79 Å². The van der Waals surface area contributed by atoms with E-state index in [4.69, 9.17) is 9.84 Å². The van der Waals surface area contributed by atoms with E-state index >= 15 is 0 Å². The Labute approximate surface area is 95.0 Å². The molecule has 0 radical (unpaired) electrons. The van der Waals surface area contributed by atoms with Gasteiger partial charge in [-0.15, -0.1) is 0 Å². The summed E-state index contributed by atoms with van der Waals surface area (Å²) < 4.78 is 9.02. The molecule has 0 atom stereocenters. The first-order valence-electron chi connectivity index (χ1n) is 3.02. The molecular formula is C7H11NaO4. The van der Waals surface area contributed by atoms with Gasteiger partial charge in [0.2, 0.25) is 0 Å². The molecule has 0 bridgehead atoms. The Bertz CT molecular complexity index is 175. The number of ether oxygens (including phenoxy) is 2. The zero-order valence-electron chi connectivity index (χ0n) is 8.29. The molecule has 0 aliphatic heterocycles. The Kier molecular flexibility index (Phi) is 13.2. The molecule has 0 aliphatic rings. The van der Waals surface area contributed by atoms with Gasteiger partial charge in [-0.2, -0.15) is 0 Å². The van der Waals surface area contributed by atoms with E-state index in [2.05, 4.69) is 16.6 Å². The molecule has 0 aromatic heterocycles. The molecule has 0 unspecified atom stereocenters. The maximum atomic E-state index is 10.4. The first-order valence-corrected chi connectivity index (χ1v) is 3.02. The monoisotopic (exact) mass is 182 g/mol. The van der Waals surface area contributed by atoms with Gasteiger partial charge in [-0.3, -0.25) is 0 Å². The first-order chi connectivity index (χ1) is 5.31. The van der Waals surface area contributed by atoms with Gasteiger partial charge < -0.3 is 16.0 Å². The van der Waals surface area contributed by atoms with Crippen LogP contribution < -0.4 is 29.6 Å². The number of carbonyl (C=O) groups is 1. The molecular weight excluding hydrogens is 171 g/mol. The standard InChI is InChI=1S/C7H10O4.Na.H/c1-10-7(9)6-11-5-3-2-4-8;;/h8H,4-6H2,1H3;;/q;+1;-1. The van der Waals surface area contributed by atoms with Crippen molar-refractivity contribution in [2.24, 2.45) is 0 Å². The third kappa shape index (κ3) is 9.95. The summed E-state index contributed by atoms with van der Waals surface area (Å²) in [5.41, 5.74) is 0. The molecule has 0 rings (SSSR count). The maximum Gasteiger partial charge on any atom is 1.00 e. The van der Waals surface area contributed by atoms with E-state index in [1.165, 1.54) is 7.11 Å². The summed E-state index contributed by atoms with van der Waals surface area (Å²) >= 11 is 0. The molecule has 0 aromatic rings. The predicted molar refractivity (Wildman–Crippen MR) is 38.8 cm³/mol. The van der Waals surface area contributed by atoms with Crippen LogP contribution in [0.1, 0.15) is 1.43 Å². The molecule has 5 heteroatoms. The van der Waals surface area contributed by atoms with Crippen LogP contribution in [0.5, 0.6) is 0 Å². The van der Waals surface area contributed by atoms with Gasteiger partial charge in [0.25, 0.3) is 0 Å². The topological polar surface area (TPSA) is 55.8 Å². The zero-order valence-corrected chi connectivity index (χ0v) is 9.29. The third-order valence-corrected chi connectivity index (χ3v) is 0.826. The quantitative estimate of drug-likeness (QED) is 0.211. The molecule has 64 valence electrons. The molecule has 1 N–H and O–H groups in total. The minimum atomic E-state index is -0.434. The Morgan fingerprint density at radius 2 is 2.25 bits per heavy atom. The largest absolute Gasteiger partial charge is 1.00 e. The fraction of sp³-hybridized carbons (Fsp3) is 0.571. The molecule has 0 aromatic carbocycles. The van der Waals surface area contributed by atoms with Crippen LogP contribution in [0.25, 0.3) is 0 Å². The van der Waals surface area contributed by atoms with Crippen molar-refractivity contribution in [3.8, 4) is 11.8 Å². The Hall–Kier alpha value is -0.0500. The number of esters is 1. The third-order valence-electron chi connectivity index (χ3n) is 0.826. The van der Waals surface area contributed by atoms with Gasteiger partial charge in [0, 0.05) is 0 Å². The number of hydrogen-bond acceptors (Lipinski definition) is 4. The Balaban J connectivity index is -0.000000500. The summed E-state index contributed by atoms with van der Waals surface area (Å²) in [6, 6.07) is 0. The molecule has 0 heterocycles. The van der Waals surface area contributed by atoms with Crippen LogP contribution in [0, 0.1) is 11.8 Å². The van der Waals surface area contributed by atoms with Crippen LogP contribution in [0.3, 0.4) is 0 Å². The fourth-order valence-corrected chi connectivity index (χ4v) is 0.351. The molecule has 0 fully saturated rings. The van der Waals surface area contributed by atoms with Crippen molar-refractivity contribution in [1.82, 2.24) is 0 Å². The summed E-state index contributed by atoms with van der Waals surface area (Å²) in [6.45, 7) is -0.159. The van der Waals surface area contributed by atoms with E-state index in [1.807, 2.05) is 0 Å². The van der Waals surface area contributed by atoms with Crippen molar-refractivity contribution in [3.05, 3.63) is 0 Å². The van der Waals surface area contributed by atoms with Crippen LogP contribution in [0.2, 0.25) is 0 Å². The van der Waals surface area contributed by atoms with Gasteiger partial charge in [-0.1, -0.05) is 11.8 Å². The minimum absolute atomic E-state index is 0. The van der Waals surface area contributed by atoms with Crippen LogP contribution in [-0.2, 0) is 14.3 Å². The molecule has 0 saturated heterocycles. The van der Waals surface area contributed by atoms with Crippen molar-refractivity contribution < 1.29 is 50.4 Å². The van der Waals surface area contributed by atoms with E-state index in [-0.39, 0.29) is 50.8 Å². The van der Waals surface area contributed by atoms with Gasteiger partial charge in [0.15, 0.2) is 0 Å². The van der Waals surface area contributed by atoms with Crippen molar-refractivity contribution in [2.45, 2.75) is 0 Å². The molecule has 4 nitrogen and oxygen atoms in total. The number of methoxy groups -OCH3 is 1. The average Bonchev–Trinajstić information content (AvgIpc) is 2.04. The fourth-order valence-electron chi connectivity index (χ4n) is 0.351. The number of carbonyl (C=O) groups excluding carboxylic acids is 1. The minimum Gasteiger partial charge on any atom is -1.00 e. The van der Waals surface area contributed by atoms with E-state index < -0.39 is 5.97 Å². The van der Waals surface area contributed by atoms with Crippen molar-refractivity contribution in [3.63, 3.8) is 0 Å². The second kappa shape index (κ2) is 11.0. The van der Waals surface area contributed by atoms with E-state index in [0.717, 1.165) is 0 Å². The smallest absolute Gasteiger partial charge is 1.00 e. The van der Waals surface area contributed by atoms with Gasteiger partial charge in [-0.05, 0) is 0 Å². The van der Waals surface area contributed by atoms with Crippen molar-refractivity contribution >= 4 is 5.97 Å². The maximum absolute atomic E-state index is 10.4. The van der Waals surface area contributed by atoms with Crippen LogP contribution in [0.15, 0.2) is 0 Å². The summed E-state index contributed by atoms with van der Waals surface area (Å²) in [5.74, 6) is 4.42. The summed E-state index contributed by atoms with van der Waals surface area (Å²) in [7, 11) is 1.28. The normalized spacial score (nSPS) is 7.50. The Morgan fingerprint density at radius 1 is 1.58 bits per heavy atom. The number of rotatable bonds is 3. The predicted octanol–water partition coefficient (Wildman–Crippen LogP) is -3.71. The average molecular weight is 182 g/mol. The summed E-state index contributed by atoms with van der Waals surface area (Å²) in [5, 5.41) is 8.20. The van der Waals surface area contributed by atoms with Crippen molar-refractivity contribution in [2.75, 3.05) is 26.9 Å². The number of aliphatic hydroxyl groups is 1. The van der Waals surface area contributed by atoms with E-state index in [0.29, 0.717) is 0 Å². The summed E-state index contributed by atoms with van der Waals surface area (Å²) in [6.07, 6.45) is 0. The zero-order chi connectivity index (χ0) is 8.53. The molecule has 0 spiro atoms. The molecule has 0 aliphatic carbocycles. The molecule has 0 saturated carbocycles. The van der Waals surface area contributed by atoms with Gasteiger partial charge in [-0.25, -0.2) is 4.79 Å². The van der Waals surface area contributed by atoms with Crippen LogP contribution in [-0.4, -0.2) is 38.0 Å². The summed E-state index contributed by atoms with van der Waals surface area (Å²) in [4.78, 5) is 10.4. The Morgan fingerprint density at radius 3 is 2.75 bits per heavy atom. The second-order valence-corrected chi connectivity index (χ2v) is 1.58. The number of aliphatic hydroxyl groups excluding tert-OH is 1. The van der Waals surface area contributed by atoms with Gasteiger partial charge in [0.05, 0.1) is 7.11 Å². The van der Waals surface area contributed by atoms with Crippen LogP contribution in [0.4, 0.5) is 0 Å². The molecule has 12 heavy (non-hydrogen) atoms. The second-order valence-electron chi connectivity index (χ2n) is 1.58. The van der Waals surface area contributed by atoms with E-state index in [1.54, 1.807) is 0 Å². The number of hydrogen-bond donors (Lipinski definition) is 1. The SMILES string of the molecule is COC(=O)COCC#CCO.[H-].[Na+]. The van der Waals surface area contributed by atoms with Crippen LogP contribution >= 0.6 is 0 Å². The van der Waals surface area contributed by atoms with Gasteiger partial charge >= 0.3 is 35.5 Å². The van der Waals surface area contributed by atoms with Gasteiger partial charge in [0.1, 0.15) is 19.8 Å². The molecule has 0 amide bonds. The van der Waals surface area contributed by atoms with Crippen molar-refractivity contribution in [1.29, 1.82) is 0 Å².